The minimum Gasteiger partial charge on any atom is -0.363 e. The normalized spacial score (nSPS) is 16.6. The fourth-order valence-corrected chi connectivity index (χ4v) is 3.66. The van der Waals surface area contributed by atoms with E-state index >= 15 is 0 Å². The fraction of sp³-hybridized carbons (Fsp3) is 0.778. The molecule has 0 aliphatic heterocycles. The molecule has 1 amide bonds. The van der Waals surface area contributed by atoms with Crippen molar-refractivity contribution in [2.75, 3.05) is 19.0 Å². The summed E-state index contributed by atoms with van der Waals surface area (Å²) in [4.78, 5) is 14.7. The fourth-order valence-electron chi connectivity index (χ4n) is 3.66. The summed E-state index contributed by atoms with van der Waals surface area (Å²) in [6.45, 7) is 6.85. The maximum atomic E-state index is 12.7. The van der Waals surface area contributed by atoms with Crippen LogP contribution in [0.3, 0.4) is 0 Å². The van der Waals surface area contributed by atoms with Crippen LogP contribution in [0.15, 0.2) is 0 Å². The highest BCUT2D eigenvalue weighted by atomic mass is 16.2. The Labute approximate surface area is 146 Å². The Hall–Kier alpha value is -1.56. The average Bonchev–Trinajstić information content (AvgIpc) is 3.06. The molecule has 0 unspecified atom stereocenters. The SMILES string of the molecule is Cc1nn(C)c(N(C)C)c1CN[C@@H](C(=O)NC1CCCC1)C(C)C. The van der Waals surface area contributed by atoms with Gasteiger partial charge in [-0.1, -0.05) is 26.7 Å². The van der Waals surface area contributed by atoms with Crippen LogP contribution in [0.4, 0.5) is 5.82 Å². The largest absolute Gasteiger partial charge is 0.363 e. The van der Waals surface area contributed by atoms with Crippen LogP contribution < -0.4 is 15.5 Å². The van der Waals surface area contributed by atoms with Gasteiger partial charge in [-0.2, -0.15) is 5.10 Å². The maximum absolute atomic E-state index is 12.7. The number of anilines is 1. The zero-order valence-corrected chi connectivity index (χ0v) is 16.0. The number of aryl methyl sites for hydroxylation is 2. The molecular weight excluding hydrogens is 302 g/mol. The molecule has 1 saturated carbocycles. The minimum atomic E-state index is -0.180. The minimum absolute atomic E-state index is 0.129. The van der Waals surface area contributed by atoms with E-state index < -0.39 is 0 Å². The van der Waals surface area contributed by atoms with Gasteiger partial charge in [0.1, 0.15) is 5.82 Å². The van der Waals surface area contributed by atoms with Crippen molar-refractivity contribution in [1.82, 2.24) is 20.4 Å². The van der Waals surface area contributed by atoms with Crippen molar-refractivity contribution in [1.29, 1.82) is 0 Å². The summed E-state index contributed by atoms with van der Waals surface area (Å²) in [5.74, 6) is 1.45. The van der Waals surface area contributed by atoms with Crippen LogP contribution in [0.1, 0.15) is 50.8 Å². The molecule has 1 aromatic heterocycles. The van der Waals surface area contributed by atoms with E-state index in [2.05, 4.69) is 34.5 Å². The zero-order chi connectivity index (χ0) is 17.9. The summed E-state index contributed by atoms with van der Waals surface area (Å²) < 4.78 is 1.90. The van der Waals surface area contributed by atoms with Gasteiger partial charge in [-0.25, -0.2) is 0 Å². The molecule has 0 spiro atoms. The van der Waals surface area contributed by atoms with E-state index in [1.807, 2.05) is 32.7 Å². The van der Waals surface area contributed by atoms with E-state index in [9.17, 15) is 4.79 Å². The van der Waals surface area contributed by atoms with Crippen molar-refractivity contribution in [2.24, 2.45) is 13.0 Å². The van der Waals surface area contributed by atoms with Crippen LogP contribution in [-0.4, -0.2) is 41.9 Å². The summed E-state index contributed by atoms with van der Waals surface area (Å²) >= 11 is 0. The molecule has 0 aromatic carbocycles. The number of nitrogens with zero attached hydrogens (tertiary/aromatic N) is 3. The number of amides is 1. The number of aromatic nitrogens is 2. The highest BCUT2D eigenvalue weighted by Crippen LogP contribution is 2.22. The number of hydrogen-bond donors (Lipinski definition) is 2. The highest BCUT2D eigenvalue weighted by molar-refractivity contribution is 5.82. The maximum Gasteiger partial charge on any atom is 0.237 e. The van der Waals surface area contributed by atoms with Crippen molar-refractivity contribution in [3.63, 3.8) is 0 Å². The second-order valence-corrected chi connectivity index (χ2v) is 7.50. The lowest BCUT2D eigenvalue weighted by molar-refractivity contribution is -0.124. The van der Waals surface area contributed by atoms with Gasteiger partial charge in [-0.3, -0.25) is 9.48 Å². The van der Waals surface area contributed by atoms with E-state index in [0.717, 1.165) is 29.9 Å². The van der Waals surface area contributed by atoms with E-state index in [0.29, 0.717) is 12.6 Å². The Bertz CT molecular complexity index is 558. The Morgan fingerprint density at radius 1 is 1.33 bits per heavy atom. The second-order valence-electron chi connectivity index (χ2n) is 7.50. The Kier molecular flexibility index (Phi) is 6.27. The summed E-state index contributed by atoms with van der Waals surface area (Å²) in [6, 6.07) is 0.179. The third kappa shape index (κ3) is 4.29. The predicted octanol–water partition coefficient (Wildman–Crippen LogP) is 1.97. The lowest BCUT2D eigenvalue weighted by Crippen LogP contribution is -2.49. The number of hydrogen-bond acceptors (Lipinski definition) is 4. The Morgan fingerprint density at radius 2 is 1.96 bits per heavy atom. The molecule has 1 aliphatic rings. The van der Waals surface area contributed by atoms with E-state index in [1.54, 1.807) is 0 Å². The first-order valence-corrected chi connectivity index (χ1v) is 9.04. The number of carbonyl (C=O) groups excluding carboxylic acids is 1. The lowest BCUT2D eigenvalue weighted by atomic mass is 10.0. The summed E-state index contributed by atoms with van der Waals surface area (Å²) in [6.07, 6.45) is 4.68. The first-order valence-electron chi connectivity index (χ1n) is 9.04. The van der Waals surface area contributed by atoms with Gasteiger partial charge in [0.05, 0.1) is 11.7 Å². The first kappa shape index (κ1) is 18.8. The van der Waals surface area contributed by atoms with E-state index in [-0.39, 0.29) is 17.9 Å². The van der Waals surface area contributed by atoms with Crippen LogP contribution in [0.25, 0.3) is 0 Å². The molecule has 0 bridgehead atoms. The van der Waals surface area contributed by atoms with Crippen LogP contribution >= 0.6 is 0 Å². The molecule has 2 rings (SSSR count). The number of nitrogens with one attached hydrogen (secondary N) is 2. The molecule has 136 valence electrons. The highest BCUT2D eigenvalue weighted by Gasteiger charge is 2.26. The molecule has 1 fully saturated rings. The summed E-state index contributed by atoms with van der Waals surface area (Å²) in [5.41, 5.74) is 2.16. The zero-order valence-electron chi connectivity index (χ0n) is 16.0. The van der Waals surface area contributed by atoms with Crippen molar-refractivity contribution in [2.45, 2.75) is 65.1 Å². The standard InChI is InChI=1S/C18H33N5O/c1-12(2)16(17(24)20-14-9-7-8-10-14)19-11-15-13(3)21-23(6)18(15)22(4)5/h12,14,16,19H,7-11H2,1-6H3,(H,20,24)/t16-/m1/s1. The van der Waals surface area contributed by atoms with Crippen LogP contribution in [-0.2, 0) is 18.4 Å². The third-order valence-electron chi connectivity index (χ3n) is 4.89. The Balaban J connectivity index is 2.05. The van der Waals surface area contributed by atoms with Gasteiger partial charge in [-0.05, 0) is 25.7 Å². The Morgan fingerprint density at radius 3 is 2.50 bits per heavy atom. The molecule has 1 heterocycles. The molecule has 6 nitrogen and oxygen atoms in total. The van der Waals surface area contributed by atoms with Gasteiger partial charge < -0.3 is 15.5 Å². The summed E-state index contributed by atoms with van der Waals surface area (Å²) in [5, 5.41) is 11.2. The molecule has 0 radical (unpaired) electrons. The van der Waals surface area contributed by atoms with Gasteiger partial charge >= 0.3 is 0 Å². The van der Waals surface area contributed by atoms with Gasteiger partial charge in [0.2, 0.25) is 5.91 Å². The lowest BCUT2D eigenvalue weighted by Gasteiger charge is -2.24. The van der Waals surface area contributed by atoms with E-state index in [4.69, 9.17) is 0 Å². The third-order valence-corrected chi connectivity index (χ3v) is 4.89. The van der Waals surface area contributed by atoms with Crippen molar-refractivity contribution in [3.05, 3.63) is 11.3 Å². The monoisotopic (exact) mass is 335 g/mol. The van der Waals surface area contributed by atoms with Crippen molar-refractivity contribution in [3.8, 4) is 0 Å². The van der Waals surface area contributed by atoms with E-state index in [1.165, 1.54) is 12.8 Å². The van der Waals surface area contributed by atoms with Crippen molar-refractivity contribution < 1.29 is 4.79 Å². The van der Waals surface area contributed by atoms with Gasteiger partial charge in [0.15, 0.2) is 0 Å². The van der Waals surface area contributed by atoms with Gasteiger partial charge in [0, 0.05) is 39.3 Å². The average molecular weight is 335 g/mol. The molecule has 1 atom stereocenters. The molecule has 2 N–H and O–H groups in total. The molecule has 0 saturated heterocycles. The van der Waals surface area contributed by atoms with Crippen molar-refractivity contribution >= 4 is 11.7 Å². The topological polar surface area (TPSA) is 62.2 Å². The first-order chi connectivity index (χ1) is 11.3. The van der Waals surface area contributed by atoms with Gasteiger partial charge in [0.25, 0.3) is 0 Å². The predicted molar refractivity (Wildman–Crippen MR) is 98.1 cm³/mol. The number of carbonyl (C=O) groups is 1. The van der Waals surface area contributed by atoms with Crippen LogP contribution in [0, 0.1) is 12.8 Å². The molecule has 6 heteroatoms. The van der Waals surface area contributed by atoms with Crippen LogP contribution in [0.5, 0.6) is 0 Å². The quantitative estimate of drug-likeness (QED) is 0.800. The molecule has 24 heavy (non-hydrogen) atoms. The van der Waals surface area contributed by atoms with Gasteiger partial charge in [-0.15, -0.1) is 0 Å². The smallest absolute Gasteiger partial charge is 0.237 e. The summed E-state index contributed by atoms with van der Waals surface area (Å²) in [7, 11) is 6.00. The second kappa shape index (κ2) is 8.01. The molecule has 1 aliphatic carbocycles. The number of rotatable bonds is 7. The molecule has 1 aromatic rings. The van der Waals surface area contributed by atoms with Crippen LogP contribution in [0.2, 0.25) is 0 Å². The molecular formula is C18H33N5O.